The predicted molar refractivity (Wildman–Crippen MR) is 224 cm³/mol. The zero-order valence-corrected chi connectivity index (χ0v) is 36.0. The molecule has 2 saturated heterocycles. The van der Waals surface area contributed by atoms with E-state index in [9.17, 15) is 5.11 Å². The van der Waals surface area contributed by atoms with E-state index in [1.165, 1.54) is 0 Å². The largest absolute Gasteiger partial charge is 0.497 e. The molecule has 55 heavy (non-hydrogen) atoms. The van der Waals surface area contributed by atoms with E-state index in [0.29, 0.717) is 18.9 Å². The average Bonchev–Trinajstić information content (AvgIpc) is 3.51. The van der Waals surface area contributed by atoms with Gasteiger partial charge in [0.2, 0.25) is 0 Å². The number of aliphatic hydroxyl groups excluding tert-OH is 1. The summed E-state index contributed by atoms with van der Waals surface area (Å²) in [6.07, 6.45) is 4.27. The van der Waals surface area contributed by atoms with Crippen molar-refractivity contribution >= 4 is 8.32 Å². The molecular formula is C47H68O7Si. The van der Waals surface area contributed by atoms with Crippen molar-refractivity contribution in [3.05, 3.63) is 114 Å². The first-order valence-electron chi connectivity index (χ1n) is 20.5. The second-order valence-electron chi connectivity index (χ2n) is 17.2. The molecule has 8 heteroatoms. The molecule has 3 aromatic rings. The summed E-state index contributed by atoms with van der Waals surface area (Å²) in [5.74, 6) is 0.964. The summed E-state index contributed by atoms with van der Waals surface area (Å²) >= 11 is 0. The molecule has 1 N–H and O–H groups in total. The Morgan fingerprint density at radius 1 is 0.873 bits per heavy atom. The van der Waals surface area contributed by atoms with Crippen LogP contribution in [0.3, 0.4) is 0 Å². The number of hydrogen-bond acceptors (Lipinski definition) is 7. The topological polar surface area (TPSA) is 75.6 Å². The summed E-state index contributed by atoms with van der Waals surface area (Å²) in [5, 5.41) is 10.8. The van der Waals surface area contributed by atoms with Gasteiger partial charge in [0.1, 0.15) is 11.4 Å². The Kier molecular flexibility index (Phi) is 15.0. The Morgan fingerprint density at radius 2 is 1.47 bits per heavy atom. The van der Waals surface area contributed by atoms with Gasteiger partial charge in [0.05, 0.1) is 44.2 Å². The van der Waals surface area contributed by atoms with Crippen LogP contribution in [0.15, 0.2) is 97.1 Å². The summed E-state index contributed by atoms with van der Waals surface area (Å²) in [5.41, 5.74) is 3.50. The van der Waals surface area contributed by atoms with Gasteiger partial charge in [-0.1, -0.05) is 114 Å². The Balaban J connectivity index is 1.27. The van der Waals surface area contributed by atoms with E-state index in [1.54, 1.807) is 14.2 Å². The Hall–Kier alpha value is -2.82. The fourth-order valence-electron chi connectivity index (χ4n) is 8.31. The highest BCUT2D eigenvalue weighted by atomic mass is 28.4. The first-order chi connectivity index (χ1) is 26.3. The van der Waals surface area contributed by atoms with Crippen LogP contribution in [0.2, 0.25) is 18.1 Å². The molecule has 8 atom stereocenters. The van der Waals surface area contributed by atoms with Crippen molar-refractivity contribution in [2.75, 3.05) is 27.4 Å². The first-order valence-corrected chi connectivity index (χ1v) is 23.4. The molecule has 0 aliphatic carbocycles. The number of rotatable bonds is 18. The van der Waals surface area contributed by atoms with E-state index in [2.05, 4.69) is 115 Å². The van der Waals surface area contributed by atoms with Crippen LogP contribution in [0, 0.1) is 11.8 Å². The Labute approximate surface area is 332 Å². The number of benzene rings is 3. The monoisotopic (exact) mass is 772 g/mol. The van der Waals surface area contributed by atoms with E-state index < -0.39 is 13.9 Å². The molecule has 3 aromatic carbocycles. The highest BCUT2D eigenvalue weighted by molar-refractivity contribution is 6.74. The van der Waals surface area contributed by atoms with Crippen molar-refractivity contribution in [2.24, 2.45) is 11.8 Å². The molecule has 0 saturated carbocycles. The quantitative estimate of drug-likeness (QED) is 0.0597. The lowest BCUT2D eigenvalue weighted by Crippen LogP contribution is -2.45. The van der Waals surface area contributed by atoms with Gasteiger partial charge in [-0.05, 0) is 84.1 Å². The Morgan fingerprint density at radius 3 is 2.00 bits per heavy atom. The van der Waals surface area contributed by atoms with Crippen LogP contribution in [0.1, 0.15) is 89.8 Å². The first kappa shape index (κ1) is 43.3. The summed E-state index contributed by atoms with van der Waals surface area (Å²) in [6, 6.07) is 29.2. The summed E-state index contributed by atoms with van der Waals surface area (Å²) in [4.78, 5) is 0. The lowest BCUT2D eigenvalue weighted by molar-refractivity contribution is -0.0784. The molecule has 2 unspecified atom stereocenters. The van der Waals surface area contributed by atoms with Crippen molar-refractivity contribution < 1.29 is 33.2 Å². The SMILES string of the molecule is C=C1C(CC2O[C@H](C[C@@H](CC)O[Si](C)(C)C(C)(C)C)[C@H](OC)[C@H]2CO)O[C@@H](CCCOC(c2ccccc2)(c2ccccc2)c2ccc(OC)cc2)C[C@H]1C. The average molecular weight is 773 g/mol. The molecule has 0 aromatic heterocycles. The second kappa shape index (κ2) is 19.1. The van der Waals surface area contributed by atoms with Crippen molar-refractivity contribution in [3.8, 4) is 5.75 Å². The summed E-state index contributed by atoms with van der Waals surface area (Å²) in [6.45, 7) is 20.9. The maximum atomic E-state index is 10.7. The number of hydrogen-bond donors (Lipinski definition) is 1. The van der Waals surface area contributed by atoms with Crippen molar-refractivity contribution in [2.45, 2.75) is 134 Å². The minimum absolute atomic E-state index is 0.00610. The number of aliphatic hydroxyl groups is 1. The molecule has 2 aliphatic rings. The van der Waals surface area contributed by atoms with Crippen LogP contribution < -0.4 is 4.74 Å². The smallest absolute Gasteiger partial charge is 0.192 e. The van der Waals surface area contributed by atoms with Gasteiger partial charge in [0.15, 0.2) is 8.32 Å². The Bertz CT molecular complexity index is 1570. The molecule has 302 valence electrons. The third kappa shape index (κ3) is 10.0. The molecule has 0 amide bonds. The number of methoxy groups -OCH3 is 2. The summed E-state index contributed by atoms with van der Waals surface area (Å²) in [7, 11) is 1.46. The van der Waals surface area contributed by atoms with Gasteiger partial charge in [-0.25, -0.2) is 0 Å². The fourth-order valence-corrected chi connectivity index (χ4v) is 9.76. The van der Waals surface area contributed by atoms with E-state index in [1.807, 2.05) is 24.3 Å². The van der Waals surface area contributed by atoms with Crippen LogP contribution in [-0.4, -0.2) is 77.5 Å². The molecule has 2 heterocycles. The van der Waals surface area contributed by atoms with Crippen molar-refractivity contribution in [1.29, 1.82) is 0 Å². The highest BCUT2D eigenvalue weighted by Crippen LogP contribution is 2.43. The van der Waals surface area contributed by atoms with Gasteiger partial charge in [0, 0.05) is 38.6 Å². The molecule has 2 fully saturated rings. The molecule has 0 radical (unpaired) electrons. The number of ether oxygens (including phenoxy) is 5. The molecule has 5 rings (SSSR count). The lowest BCUT2D eigenvalue weighted by atomic mass is 9.80. The third-order valence-corrected chi connectivity index (χ3v) is 17.2. The third-order valence-electron chi connectivity index (χ3n) is 12.6. The molecular weight excluding hydrogens is 705 g/mol. The normalized spacial score (nSPS) is 25.6. The van der Waals surface area contributed by atoms with E-state index in [0.717, 1.165) is 60.1 Å². The molecule has 7 nitrogen and oxygen atoms in total. The standard InChI is InChI=1S/C47H68O7Si/c1-11-38(54-55(9,10)46(4,5)6)30-44-45(50-8)41(32-48)43(53-44)31-42-34(3)33(2)29-40(52-42)23-18-28-51-47(35-19-14-12-15-20-35,36-21-16-13-17-22-36)37-24-26-39(49-7)27-25-37/h12-17,19-22,24-27,33,38,40-45,48H,3,11,18,23,28-32H2,1-2,4-10H3/t33-,38-,40+,41+,42?,43?,44-,45-/m1/s1. The fraction of sp³-hybridized carbons (Fsp3) is 0.574. The van der Waals surface area contributed by atoms with Crippen LogP contribution in [0.25, 0.3) is 0 Å². The van der Waals surface area contributed by atoms with Gasteiger partial charge in [-0.15, -0.1) is 0 Å². The minimum atomic E-state index is -1.97. The van der Waals surface area contributed by atoms with Crippen LogP contribution in [0.5, 0.6) is 5.75 Å². The van der Waals surface area contributed by atoms with Crippen LogP contribution in [0.4, 0.5) is 0 Å². The lowest BCUT2D eigenvalue weighted by Gasteiger charge is -2.40. The van der Waals surface area contributed by atoms with Gasteiger partial charge >= 0.3 is 0 Å². The van der Waals surface area contributed by atoms with Crippen LogP contribution >= 0.6 is 0 Å². The second-order valence-corrected chi connectivity index (χ2v) is 22.0. The predicted octanol–water partition coefficient (Wildman–Crippen LogP) is 10.1. The van der Waals surface area contributed by atoms with Crippen LogP contribution in [-0.2, 0) is 29.0 Å². The van der Waals surface area contributed by atoms with Gasteiger partial charge in [-0.2, -0.15) is 0 Å². The van der Waals surface area contributed by atoms with Gasteiger partial charge in [-0.3, -0.25) is 0 Å². The molecule has 0 bridgehead atoms. The van der Waals surface area contributed by atoms with E-state index in [4.69, 9.17) is 28.1 Å². The maximum absolute atomic E-state index is 10.7. The van der Waals surface area contributed by atoms with E-state index >= 15 is 0 Å². The van der Waals surface area contributed by atoms with E-state index in [-0.39, 0.29) is 54.2 Å². The highest BCUT2D eigenvalue weighted by Gasteiger charge is 2.48. The molecule has 2 aliphatic heterocycles. The molecule has 0 spiro atoms. The zero-order chi connectivity index (χ0) is 39.8. The minimum Gasteiger partial charge on any atom is -0.497 e. The maximum Gasteiger partial charge on any atom is 0.192 e. The summed E-state index contributed by atoms with van der Waals surface area (Å²) < 4.78 is 39.2. The van der Waals surface area contributed by atoms with Crippen molar-refractivity contribution in [3.63, 3.8) is 0 Å². The van der Waals surface area contributed by atoms with Crippen molar-refractivity contribution in [1.82, 2.24) is 0 Å². The zero-order valence-electron chi connectivity index (χ0n) is 35.0. The van der Waals surface area contributed by atoms with Gasteiger partial charge < -0.3 is 33.2 Å². The van der Waals surface area contributed by atoms with Gasteiger partial charge in [0.25, 0.3) is 0 Å².